The summed E-state index contributed by atoms with van der Waals surface area (Å²) in [6.07, 6.45) is 0.186. The van der Waals surface area contributed by atoms with Crippen molar-refractivity contribution in [3.63, 3.8) is 0 Å². The molecule has 0 spiro atoms. The molecule has 0 aliphatic heterocycles. The van der Waals surface area contributed by atoms with Gasteiger partial charge in [-0.05, 0) is 55.7 Å². The van der Waals surface area contributed by atoms with Gasteiger partial charge in [0.1, 0.15) is 5.75 Å². The van der Waals surface area contributed by atoms with Crippen LogP contribution in [0.15, 0.2) is 48.5 Å². The van der Waals surface area contributed by atoms with Gasteiger partial charge in [-0.1, -0.05) is 30.3 Å². The fourth-order valence-electron chi connectivity index (χ4n) is 2.02. The number of hydrogen-bond donors (Lipinski definition) is 1. The number of benzene rings is 2. The molecule has 100 valence electrons. The van der Waals surface area contributed by atoms with Crippen LogP contribution in [0.3, 0.4) is 0 Å². The summed E-state index contributed by atoms with van der Waals surface area (Å²) in [4.78, 5) is 0. The van der Waals surface area contributed by atoms with Gasteiger partial charge in [0.05, 0.1) is 6.10 Å². The van der Waals surface area contributed by atoms with Crippen molar-refractivity contribution < 1.29 is 4.74 Å². The summed E-state index contributed by atoms with van der Waals surface area (Å²) in [5.41, 5.74) is 9.40. The zero-order valence-corrected chi connectivity index (χ0v) is 11.8. The highest BCUT2D eigenvalue weighted by molar-refractivity contribution is 5.65. The van der Waals surface area contributed by atoms with Crippen LogP contribution < -0.4 is 10.5 Å². The van der Waals surface area contributed by atoms with E-state index in [0.29, 0.717) is 0 Å². The van der Waals surface area contributed by atoms with Crippen LogP contribution in [-0.4, -0.2) is 6.10 Å². The van der Waals surface area contributed by atoms with Crippen LogP contribution in [0.25, 0.3) is 11.1 Å². The molecule has 2 rings (SSSR count). The Balaban J connectivity index is 2.33. The Kier molecular flexibility index (Phi) is 4.23. The van der Waals surface area contributed by atoms with Crippen molar-refractivity contribution in [1.82, 2.24) is 0 Å². The first-order chi connectivity index (χ1) is 9.06. The summed E-state index contributed by atoms with van der Waals surface area (Å²) in [5.74, 6) is 0.902. The van der Waals surface area contributed by atoms with Crippen molar-refractivity contribution in [1.29, 1.82) is 0 Å². The third kappa shape index (κ3) is 3.58. The first kappa shape index (κ1) is 13.6. The largest absolute Gasteiger partial charge is 0.491 e. The molecular formula is C17H21NO. The van der Waals surface area contributed by atoms with Gasteiger partial charge in [-0.15, -0.1) is 0 Å². The maximum Gasteiger partial charge on any atom is 0.120 e. The predicted octanol–water partition coefficient (Wildman–Crippen LogP) is 4.16. The Bertz CT molecular complexity index is 546. The van der Waals surface area contributed by atoms with Gasteiger partial charge in [0.25, 0.3) is 0 Å². The lowest BCUT2D eigenvalue weighted by Gasteiger charge is -2.12. The molecule has 2 aromatic rings. The molecule has 2 aromatic carbocycles. The molecule has 0 amide bonds. The molecule has 0 aliphatic carbocycles. The van der Waals surface area contributed by atoms with E-state index in [4.69, 9.17) is 10.5 Å². The molecule has 0 aliphatic rings. The first-order valence-corrected chi connectivity index (χ1v) is 6.69. The van der Waals surface area contributed by atoms with E-state index in [1.165, 1.54) is 5.56 Å². The van der Waals surface area contributed by atoms with Gasteiger partial charge in [-0.25, -0.2) is 0 Å². The van der Waals surface area contributed by atoms with Crippen molar-refractivity contribution in [2.24, 2.45) is 5.73 Å². The normalized spacial score (nSPS) is 12.5. The molecule has 1 unspecified atom stereocenters. The van der Waals surface area contributed by atoms with Gasteiger partial charge in [0.2, 0.25) is 0 Å². The topological polar surface area (TPSA) is 35.2 Å². The van der Waals surface area contributed by atoms with Crippen LogP contribution >= 0.6 is 0 Å². The van der Waals surface area contributed by atoms with E-state index in [0.717, 1.165) is 16.9 Å². The molecule has 0 bridgehead atoms. The SMILES string of the molecule is CC(C)Oc1cccc(-c2cccc(C(C)N)c2)c1. The zero-order chi connectivity index (χ0) is 13.8. The molecule has 2 N–H and O–H groups in total. The van der Waals surface area contributed by atoms with E-state index in [2.05, 4.69) is 30.3 Å². The summed E-state index contributed by atoms with van der Waals surface area (Å²) in [6.45, 7) is 6.06. The van der Waals surface area contributed by atoms with Crippen LogP contribution in [0, 0.1) is 0 Å². The molecule has 0 saturated heterocycles. The highest BCUT2D eigenvalue weighted by atomic mass is 16.5. The Labute approximate surface area is 115 Å². The fraction of sp³-hybridized carbons (Fsp3) is 0.294. The monoisotopic (exact) mass is 255 g/mol. The minimum Gasteiger partial charge on any atom is -0.491 e. The number of ether oxygens (including phenoxy) is 1. The van der Waals surface area contributed by atoms with Crippen molar-refractivity contribution >= 4 is 0 Å². The van der Waals surface area contributed by atoms with Crippen molar-refractivity contribution in [3.8, 4) is 16.9 Å². The summed E-state index contributed by atoms with van der Waals surface area (Å²) < 4.78 is 5.73. The quantitative estimate of drug-likeness (QED) is 0.890. The average Bonchev–Trinajstić information content (AvgIpc) is 2.38. The van der Waals surface area contributed by atoms with E-state index in [9.17, 15) is 0 Å². The first-order valence-electron chi connectivity index (χ1n) is 6.69. The Morgan fingerprint density at radius 1 is 0.895 bits per heavy atom. The molecule has 0 radical (unpaired) electrons. The third-order valence-electron chi connectivity index (χ3n) is 2.95. The molecule has 0 heterocycles. The molecule has 1 atom stereocenters. The number of hydrogen-bond acceptors (Lipinski definition) is 2. The van der Waals surface area contributed by atoms with Crippen LogP contribution in [0.1, 0.15) is 32.4 Å². The van der Waals surface area contributed by atoms with E-state index in [-0.39, 0.29) is 12.1 Å². The minimum atomic E-state index is 0.0510. The maximum absolute atomic E-state index is 5.93. The molecular weight excluding hydrogens is 234 g/mol. The highest BCUT2D eigenvalue weighted by Crippen LogP contribution is 2.26. The smallest absolute Gasteiger partial charge is 0.120 e. The van der Waals surface area contributed by atoms with E-state index < -0.39 is 0 Å². The molecule has 0 saturated carbocycles. The van der Waals surface area contributed by atoms with Gasteiger partial charge in [-0.3, -0.25) is 0 Å². The van der Waals surface area contributed by atoms with Crippen molar-refractivity contribution in [3.05, 3.63) is 54.1 Å². The highest BCUT2D eigenvalue weighted by Gasteiger charge is 2.04. The van der Waals surface area contributed by atoms with E-state index >= 15 is 0 Å². The second-order valence-corrected chi connectivity index (χ2v) is 5.11. The van der Waals surface area contributed by atoms with Crippen LogP contribution in [0.2, 0.25) is 0 Å². The Morgan fingerprint density at radius 2 is 1.53 bits per heavy atom. The van der Waals surface area contributed by atoms with Crippen LogP contribution in [0.4, 0.5) is 0 Å². The Morgan fingerprint density at radius 3 is 2.16 bits per heavy atom. The predicted molar refractivity (Wildman–Crippen MR) is 80.2 cm³/mol. The van der Waals surface area contributed by atoms with Gasteiger partial charge >= 0.3 is 0 Å². The number of nitrogens with two attached hydrogens (primary N) is 1. The number of rotatable bonds is 4. The van der Waals surface area contributed by atoms with Gasteiger partial charge in [0, 0.05) is 6.04 Å². The second-order valence-electron chi connectivity index (χ2n) is 5.11. The summed E-state index contributed by atoms with van der Waals surface area (Å²) in [6, 6.07) is 16.6. The van der Waals surface area contributed by atoms with Gasteiger partial charge < -0.3 is 10.5 Å². The third-order valence-corrected chi connectivity index (χ3v) is 2.95. The minimum absolute atomic E-state index is 0.0510. The summed E-state index contributed by atoms with van der Waals surface area (Å²) >= 11 is 0. The van der Waals surface area contributed by atoms with Crippen molar-refractivity contribution in [2.75, 3.05) is 0 Å². The standard InChI is InChI=1S/C17H21NO/c1-12(2)19-17-9-5-8-16(11-17)15-7-4-6-14(10-15)13(3)18/h4-13H,18H2,1-3H3. The lowest BCUT2D eigenvalue weighted by Crippen LogP contribution is -2.05. The summed E-state index contributed by atoms with van der Waals surface area (Å²) in [7, 11) is 0. The van der Waals surface area contributed by atoms with Gasteiger partial charge in [-0.2, -0.15) is 0 Å². The zero-order valence-electron chi connectivity index (χ0n) is 11.8. The Hall–Kier alpha value is -1.80. The summed E-state index contributed by atoms with van der Waals surface area (Å²) in [5, 5.41) is 0. The van der Waals surface area contributed by atoms with E-state index in [1.54, 1.807) is 0 Å². The molecule has 0 aromatic heterocycles. The molecule has 19 heavy (non-hydrogen) atoms. The van der Waals surface area contributed by atoms with Crippen LogP contribution in [-0.2, 0) is 0 Å². The molecule has 2 heteroatoms. The molecule has 2 nitrogen and oxygen atoms in total. The molecule has 0 fully saturated rings. The lowest BCUT2D eigenvalue weighted by atomic mass is 10.0. The average molecular weight is 255 g/mol. The fourth-order valence-corrected chi connectivity index (χ4v) is 2.02. The van der Waals surface area contributed by atoms with Crippen LogP contribution in [0.5, 0.6) is 5.75 Å². The van der Waals surface area contributed by atoms with Gasteiger partial charge in [0.15, 0.2) is 0 Å². The second kappa shape index (κ2) is 5.89. The van der Waals surface area contributed by atoms with E-state index in [1.807, 2.05) is 39.0 Å². The maximum atomic E-state index is 5.93. The lowest BCUT2D eigenvalue weighted by molar-refractivity contribution is 0.242. The van der Waals surface area contributed by atoms with Crippen molar-refractivity contribution in [2.45, 2.75) is 32.9 Å².